The van der Waals surface area contributed by atoms with Gasteiger partial charge in [-0.3, -0.25) is 4.79 Å². The Morgan fingerprint density at radius 1 is 1.10 bits per heavy atom. The minimum atomic E-state index is 0.213. The first kappa shape index (κ1) is 15.6. The number of methoxy groups -OCH3 is 1. The number of aryl methyl sites for hydroxylation is 2. The molecule has 0 saturated carbocycles. The van der Waals surface area contributed by atoms with Gasteiger partial charge in [0, 0.05) is 16.9 Å². The quantitative estimate of drug-likeness (QED) is 0.747. The van der Waals surface area contributed by atoms with Crippen LogP contribution in [0.15, 0.2) is 47.4 Å². The summed E-state index contributed by atoms with van der Waals surface area (Å²) in [7, 11) is 1.64. The van der Waals surface area contributed by atoms with Crippen LogP contribution in [0, 0.1) is 13.8 Å². The zero-order valence-electron chi connectivity index (χ0n) is 12.7. The molecule has 0 aliphatic carbocycles. The lowest BCUT2D eigenvalue weighted by atomic mass is 10.1. The highest BCUT2D eigenvalue weighted by atomic mass is 32.2. The van der Waals surface area contributed by atoms with Gasteiger partial charge in [0.2, 0.25) is 0 Å². The van der Waals surface area contributed by atoms with Gasteiger partial charge in [-0.15, -0.1) is 11.8 Å². The maximum Gasteiger partial charge on any atom is 0.147 e. The number of ketones is 1. The molecule has 0 aliphatic rings. The van der Waals surface area contributed by atoms with E-state index < -0.39 is 0 Å². The van der Waals surface area contributed by atoms with E-state index in [-0.39, 0.29) is 5.78 Å². The Balaban J connectivity index is 1.97. The van der Waals surface area contributed by atoms with Gasteiger partial charge in [0.15, 0.2) is 0 Å². The van der Waals surface area contributed by atoms with Crippen molar-refractivity contribution in [3.05, 3.63) is 59.2 Å². The molecule has 21 heavy (non-hydrogen) atoms. The topological polar surface area (TPSA) is 26.3 Å². The third-order valence-electron chi connectivity index (χ3n) is 3.21. The Hall–Kier alpha value is -1.74. The summed E-state index contributed by atoms with van der Waals surface area (Å²) in [5.41, 5.74) is 3.32. The number of thioether (sulfide) groups is 1. The highest BCUT2D eigenvalue weighted by molar-refractivity contribution is 8.00. The molecule has 0 saturated heterocycles. The molecule has 2 aromatic carbocycles. The molecule has 0 amide bonds. The summed E-state index contributed by atoms with van der Waals surface area (Å²) in [6.45, 7) is 4.08. The fourth-order valence-electron chi connectivity index (χ4n) is 2.18. The number of hydrogen-bond acceptors (Lipinski definition) is 3. The Bertz CT molecular complexity index is 635. The fraction of sp³-hybridized carbons (Fsp3) is 0.278. The Labute approximate surface area is 130 Å². The number of benzene rings is 2. The molecule has 0 N–H and O–H groups in total. The summed E-state index contributed by atoms with van der Waals surface area (Å²) in [6, 6.07) is 14.2. The van der Waals surface area contributed by atoms with E-state index in [9.17, 15) is 4.79 Å². The first-order valence-electron chi connectivity index (χ1n) is 6.93. The lowest BCUT2D eigenvalue weighted by molar-refractivity contribution is -0.116. The minimum Gasteiger partial charge on any atom is -0.496 e. The average molecular weight is 300 g/mol. The number of Topliss-reactive ketones (excluding diaryl/α,β-unsaturated/α-hetero) is 1. The highest BCUT2D eigenvalue weighted by Gasteiger charge is 2.10. The lowest BCUT2D eigenvalue weighted by Gasteiger charge is -2.09. The van der Waals surface area contributed by atoms with Crippen molar-refractivity contribution in [2.24, 2.45) is 0 Å². The Morgan fingerprint density at radius 3 is 2.57 bits per heavy atom. The van der Waals surface area contributed by atoms with Crippen LogP contribution in [0.25, 0.3) is 0 Å². The predicted molar refractivity (Wildman–Crippen MR) is 88.3 cm³/mol. The average Bonchev–Trinajstić information content (AvgIpc) is 2.45. The molecule has 0 spiro atoms. The molecule has 110 valence electrons. The number of ether oxygens (including phenoxy) is 1. The molecule has 0 aromatic heterocycles. The molecular weight excluding hydrogens is 280 g/mol. The first-order chi connectivity index (χ1) is 10.1. The molecule has 0 heterocycles. The number of hydrogen-bond donors (Lipinski definition) is 0. The van der Waals surface area contributed by atoms with E-state index >= 15 is 0 Å². The van der Waals surface area contributed by atoms with Gasteiger partial charge in [-0.05, 0) is 32.0 Å². The fourth-order valence-corrected chi connectivity index (χ4v) is 3.05. The van der Waals surface area contributed by atoms with Crippen LogP contribution >= 0.6 is 11.8 Å². The largest absolute Gasteiger partial charge is 0.496 e. The molecule has 0 fully saturated rings. The van der Waals surface area contributed by atoms with Crippen LogP contribution in [0.2, 0.25) is 0 Å². The lowest BCUT2D eigenvalue weighted by Crippen LogP contribution is -2.07. The van der Waals surface area contributed by atoms with Gasteiger partial charge >= 0.3 is 0 Å². The van der Waals surface area contributed by atoms with Crippen molar-refractivity contribution in [3.63, 3.8) is 0 Å². The molecule has 3 heteroatoms. The van der Waals surface area contributed by atoms with Gasteiger partial charge in [0.1, 0.15) is 11.5 Å². The molecule has 2 aromatic rings. The summed E-state index contributed by atoms with van der Waals surface area (Å²) in [5.74, 6) is 1.49. The first-order valence-corrected chi connectivity index (χ1v) is 7.91. The van der Waals surface area contributed by atoms with Crippen LogP contribution in [-0.4, -0.2) is 18.6 Å². The van der Waals surface area contributed by atoms with Crippen LogP contribution in [0.5, 0.6) is 5.75 Å². The summed E-state index contributed by atoms with van der Waals surface area (Å²) in [5, 5.41) is 0. The van der Waals surface area contributed by atoms with E-state index in [1.54, 1.807) is 18.9 Å². The maximum atomic E-state index is 12.2. The third-order valence-corrected chi connectivity index (χ3v) is 4.27. The van der Waals surface area contributed by atoms with Gasteiger partial charge in [-0.25, -0.2) is 0 Å². The van der Waals surface area contributed by atoms with Crippen molar-refractivity contribution < 1.29 is 9.53 Å². The molecule has 0 radical (unpaired) electrons. The standard InChI is InChI=1S/C18H20O2S/c1-13-5-4-6-17(10-13)21-12-16(19)11-15-9-14(2)7-8-18(15)20-3/h4-10H,11-12H2,1-3H3. The van der Waals surface area contributed by atoms with Crippen LogP contribution in [-0.2, 0) is 11.2 Å². The van der Waals surface area contributed by atoms with Gasteiger partial charge in [0.05, 0.1) is 12.9 Å². The molecule has 0 unspecified atom stereocenters. The number of carbonyl (C=O) groups excluding carboxylic acids is 1. The van der Waals surface area contributed by atoms with E-state index in [1.165, 1.54) is 5.56 Å². The molecule has 2 nitrogen and oxygen atoms in total. The van der Waals surface area contributed by atoms with E-state index in [0.717, 1.165) is 21.8 Å². The van der Waals surface area contributed by atoms with E-state index in [0.29, 0.717) is 12.2 Å². The maximum absolute atomic E-state index is 12.2. The van der Waals surface area contributed by atoms with Gasteiger partial charge in [-0.1, -0.05) is 35.4 Å². The summed E-state index contributed by atoms with van der Waals surface area (Å²) >= 11 is 1.59. The second-order valence-electron chi connectivity index (χ2n) is 5.14. The van der Waals surface area contributed by atoms with Crippen molar-refractivity contribution in [1.82, 2.24) is 0 Å². The molecular formula is C18H20O2S. The molecule has 2 rings (SSSR count). The van der Waals surface area contributed by atoms with Gasteiger partial charge in [-0.2, -0.15) is 0 Å². The van der Waals surface area contributed by atoms with Crippen molar-refractivity contribution in [1.29, 1.82) is 0 Å². The summed E-state index contributed by atoms with van der Waals surface area (Å²) in [6.07, 6.45) is 0.420. The van der Waals surface area contributed by atoms with Crippen molar-refractivity contribution in [2.45, 2.75) is 25.2 Å². The number of carbonyl (C=O) groups is 1. The molecule has 0 bridgehead atoms. The van der Waals surface area contributed by atoms with Crippen LogP contribution in [0.1, 0.15) is 16.7 Å². The molecule has 0 atom stereocenters. The summed E-state index contributed by atoms with van der Waals surface area (Å²) in [4.78, 5) is 13.3. The third kappa shape index (κ3) is 4.64. The Kier molecular flexibility index (Phi) is 5.45. The van der Waals surface area contributed by atoms with Crippen molar-refractivity contribution in [2.75, 3.05) is 12.9 Å². The smallest absolute Gasteiger partial charge is 0.147 e. The monoisotopic (exact) mass is 300 g/mol. The normalized spacial score (nSPS) is 10.4. The zero-order valence-corrected chi connectivity index (χ0v) is 13.5. The Morgan fingerprint density at radius 2 is 1.86 bits per heavy atom. The number of rotatable bonds is 6. The predicted octanol–water partition coefficient (Wildman–Crippen LogP) is 4.22. The second-order valence-corrected chi connectivity index (χ2v) is 6.18. The zero-order chi connectivity index (χ0) is 15.2. The van der Waals surface area contributed by atoms with Gasteiger partial charge < -0.3 is 4.74 Å². The van der Waals surface area contributed by atoms with E-state index in [1.807, 2.05) is 37.3 Å². The SMILES string of the molecule is COc1ccc(C)cc1CC(=O)CSc1cccc(C)c1. The summed E-state index contributed by atoms with van der Waals surface area (Å²) < 4.78 is 5.32. The second kappa shape index (κ2) is 7.32. The van der Waals surface area contributed by atoms with E-state index in [2.05, 4.69) is 19.1 Å². The van der Waals surface area contributed by atoms with Crippen molar-refractivity contribution >= 4 is 17.5 Å². The van der Waals surface area contributed by atoms with Crippen LogP contribution in [0.4, 0.5) is 0 Å². The highest BCUT2D eigenvalue weighted by Crippen LogP contribution is 2.23. The minimum absolute atomic E-state index is 0.213. The molecule has 0 aliphatic heterocycles. The van der Waals surface area contributed by atoms with Crippen LogP contribution < -0.4 is 4.74 Å². The van der Waals surface area contributed by atoms with Crippen LogP contribution in [0.3, 0.4) is 0 Å². The van der Waals surface area contributed by atoms with Crippen molar-refractivity contribution in [3.8, 4) is 5.75 Å². The van der Waals surface area contributed by atoms with Gasteiger partial charge in [0.25, 0.3) is 0 Å². The van der Waals surface area contributed by atoms with E-state index in [4.69, 9.17) is 4.74 Å².